The van der Waals surface area contributed by atoms with Crippen LogP contribution in [0.2, 0.25) is 0 Å². The van der Waals surface area contributed by atoms with Crippen LogP contribution in [-0.2, 0) is 11.3 Å². The summed E-state index contributed by atoms with van der Waals surface area (Å²) in [6, 6.07) is 15.9. The van der Waals surface area contributed by atoms with Crippen LogP contribution in [0.4, 0.5) is 5.69 Å². The number of hydrogen-bond acceptors (Lipinski definition) is 6. The Morgan fingerprint density at radius 2 is 1.89 bits per heavy atom. The lowest BCUT2D eigenvalue weighted by molar-refractivity contribution is -0.121. The predicted octanol–water partition coefficient (Wildman–Crippen LogP) is 3.38. The molecule has 2 aliphatic rings. The molecular formula is C27H28N4O4. The predicted molar refractivity (Wildman–Crippen MR) is 132 cm³/mol. The molecule has 0 saturated carbocycles. The lowest BCUT2D eigenvalue weighted by Gasteiger charge is -2.33. The van der Waals surface area contributed by atoms with Crippen LogP contribution in [0.5, 0.6) is 5.75 Å². The van der Waals surface area contributed by atoms with Crippen LogP contribution in [0.15, 0.2) is 65.3 Å². The van der Waals surface area contributed by atoms with E-state index in [1.54, 1.807) is 9.80 Å². The summed E-state index contributed by atoms with van der Waals surface area (Å²) < 4.78 is 11.1. The Morgan fingerprint density at radius 1 is 1.09 bits per heavy atom. The molecule has 0 unspecified atom stereocenters. The fraction of sp³-hybridized carbons (Fsp3) is 0.296. The summed E-state index contributed by atoms with van der Waals surface area (Å²) in [6.07, 6.45) is 5.66. The Labute approximate surface area is 204 Å². The standard InChI is InChI=1S/C27H28N4O4/c1-20-9-10-24-23(16-20)31(26(32)19-34-24)17-25-28-22(18-35-25)27(33)30-14-12-29(13-15-30)11-5-8-21-6-3-2-4-7-21/h2-10,16,18H,11-15,17,19H2,1H3. The molecule has 0 spiro atoms. The van der Waals surface area contributed by atoms with E-state index in [9.17, 15) is 9.59 Å². The normalized spacial score (nSPS) is 16.4. The second-order valence-corrected chi connectivity index (χ2v) is 8.77. The highest BCUT2D eigenvalue weighted by atomic mass is 16.5. The average molecular weight is 473 g/mol. The van der Waals surface area contributed by atoms with E-state index in [0.717, 1.165) is 25.2 Å². The van der Waals surface area contributed by atoms with Crippen molar-refractivity contribution in [3.8, 4) is 5.75 Å². The van der Waals surface area contributed by atoms with E-state index in [1.807, 2.05) is 43.3 Å². The van der Waals surface area contributed by atoms with Crippen molar-refractivity contribution in [2.75, 3.05) is 44.2 Å². The minimum Gasteiger partial charge on any atom is -0.482 e. The van der Waals surface area contributed by atoms with Gasteiger partial charge in [0, 0.05) is 32.7 Å². The molecule has 180 valence electrons. The number of oxazole rings is 1. The molecule has 8 heteroatoms. The molecule has 2 aromatic carbocycles. The molecule has 1 aromatic heterocycles. The van der Waals surface area contributed by atoms with Gasteiger partial charge in [-0.1, -0.05) is 48.6 Å². The van der Waals surface area contributed by atoms with Gasteiger partial charge in [0.2, 0.25) is 5.89 Å². The monoisotopic (exact) mass is 472 g/mol. The molecule has 0 radical (unpaired) electrons. The van der Waals surface area contributed by atoms with Crippen molar-refractivity contribution in [1.82, 2.24) is 14.8 Å². The molecule has 1 fully saturated rings. The maximum atomic E-state index is 13.0. The molecule has 3 heterocycles. The number of ether oxygens (including phenoxy) is 1. The van der Waals surface area contributed by atoms with Gasteiger partial charge in [-0.05, 0) is 30.2 Å². The van der Waals surface area contributed by atoms with Gasteiger partial charge in [0.05, 0.1) is 5.69 Å². The van der Waals surface area contributed by atoms with Crippen molar-refractivity contribution >= 4 is 23.6 Å². The number of amides is 2. The summed E-state index contributed by atoms with van der Waals surface area (Å²) in [7, 11) is 0. The van der Waals surface area contributed by atoms with Gasteiger partial charge in [0.15, 0.2) is 12.3 Å². The molecule has 2 aliphatic heterocycles. The summed E-state index contributed by atoms with van der Waals surface area (Å²) in [5, 5.41) is 0. The number of hydrogen-bond donors (Lipinski definition) is 0. The number of anilines is 1. The second kappa shape index (κ2) is 10.1. The molecule has 0 N–H and O–H groups in total. The summed E-state index contributed by atoms with van der Waals surface area (Å²) in [5.41, 5.74) is 3.15. The summed E-state index contributed by atoms with van der Waals surface area (Å²) in [4.78, 5) is 35.6. The average Bonchev–Trinajstić information content (AvgIpc) is 3.35. The lowest BCUT2D eigenvalue weighted by atomic mass is 10.1. The number of aryl methyl sites for hydroxylation is 1. The fourth-order valence-electron chi connectivity index (χ4n) is 4.30. The molecule has 1 saturated heterocycles. The molecule has 0 atom stereocenters. The first-order valence-electron chi connectivity index (χ1n) is 11.8. The number of piperazine rings is 1. The van der Waals surface area contributed by atoms with Gasteiger partial charge in [-0.15, -0.1) is 0 Å². The smallest absolute Gasteiger partial charge is 0.275 e. The first kappa shape index (κ1) is 22.9. The fourth-order valence-corrected chi connectivity index (χ4v) is 4.30. The van der Waals surface area contributed by atoms with Gasteiger partial charge in [-0.3, -0.25) is 19.4 Å². The van der Waals surface area contributed by atoms with Crippen molar-refractivity contribution in [2.24, 2.45) is 0 Å². The Kier molecular flexibility index (Phi) is 6.63. The minimum absolute atomic E-state index is 0.0344. The zero-order chi connectivity index (χ0) is 24.2. The van der Waals surface area contributed by atoms with Gasteiger partial charge < -0.3 is 14.1 Å². The first-order chi connectivity index (χ1) is 17.1. The van der Waals surface area contributed by atoms with E-state index in [1.165, 1.54) is 11.8 Å². The Hall–Kier alpha value is -3.91. The molecular weight excluding hydrogens is 444 g/mol. The number of nitrogens with zero attached hydrogens (tertiary/aromatic N) is 4. The van der Waals surface area contributed by atoms with Gasteiger partial charge in [0.1, 0.15) is 18.6 Å². The van der Waals surface area contributed by atoms with Crippen LogP contribution in [0, 0.1) is 6.92 Å². The second-order valence-electron chi connectivity index (χ2n) is 8.77. The van der Waals surface area contributed by atoms with E-state index in [2.05, 4.69) is 34.2 Å². The molecule has 5 rings (SSSR count). The maximum absolute atomic E-state index is 13.0. The highest BCUT2D eigenvalue weighted by Gasteiger charge is 2.28. The number of rotatable bonds is 6. The van der Waals surface area contributed by atoms with E-state index >= 15 is 0 Å². The highest BCUT2D eigenvalue weighted by molar-refractivity contribution is 5.97. The topological polar surface area (TPSA) is 79.1 Å². The molecule has 35 heavy (non-hydrogen) atoms. The van der Waals surface area contributed by atoms with E-state index < -0.39 is 0 Å². The minimum atomic E-state index is -0.174. The highest BCUT2D eigenvalue weighted by Crippen LogP contribution is 2.33. The molecule has 0 bridgehead atoms. The summed E-state index contributed by atoms with van der Waals surface area (Å²) >= 11 is 0. The summed E-state index contributed by atoms with van der Waals surface area (Å²) in [6.45, 7) is 5.78. The van der Waals surface area contributed by atoms with E-state index in [0.29, 0.717) is 30.4 Å². The third-order valence-corrected chi connectivity index (χ3v) is 6.25. The Balaban J connectivity index is 1.16. The van der Waals surface area contributed by atoms with Crippen LogP contribution < -0.4 is 9.64 Å². The van der Waals surface area contributed by atoms with Gasteiger partial charge >= 0.3 is 0 Å². The van der Waals surface area contributed by atoms with Crippen LogP contribution in [0.25, 0.3) is 6.08 Å². The van der Waals surface area contributed by atoms with Gasteiger partial charge in [-0.25, -0.2) is 4.98 Å². The van der Waals surface area contributed by atoms with Crippen molar-refractivity contribution in [1.29, 1.82) is 0 Å². The SMILES string of the molecule is Cc1ccc2c(c1)N(Cc1nc(C(=O)N3CCN(CC=Cc4ccccc4)CC3)co1)C(=O)CO2. The number of carbonyl (C=O) groups excluding carboxylic acids is 2. The van der Waals surface area contributed by atoms with Crippen LogP contribution >= 0.6 is 0 Å². The first-order valence-corrected chi connectivity index (χ1v) is 11.8. The number of carbonyl (C=O) groups is 2. The van der Waals surface area contributed by atoms with Gasteiger partial charge in [-0.2, -0.15) is 0 Å². The lowest BCUT2D eigenvalue weighted by Crippen LogP contribution is -2.48. The molecule has 8 nitrogen and oxygen atoms in total. The largest absolute Gasteiger partial charge is 0.482 e. The zero-order valence-electron chi connectivity index (χ0n) is 19.7. The van der Waals surface area contributed by atoms with Crippen molar-refractivity contribution in [3.05, 3.63) is 83.6 Å². The molecule has 2 amide bonds. The third kappa shape index (κ3) is 5.27. The van der Waals surface area contributed by atoms with Crippen LogP contribution in [-0.4, -0.2) is 65.9 Å². The Bertz CT molecular complexity index is 1230. The quantitative estimate of drug-likeness (QED) is 0.547. The van der Waals surface area contributed by atoms with E-state index in [-0.39, 0.29) is 30.7 Å². The molecule has 3 aromatic rings. The summed E-state index contributed by atoms with van der Waals surface area (Å²) in [5.74, 6) is 0.644. The number of aromatic nitrogens is 1. The third-order valence-electron chi connectivity index (χ3n) is 6.25. The molecule has 0 aliphatic carbocycles. The van der Waals surface area contributed by atoms with Crippen molar-refractivity contribution < 1.29 is 18.7 Å². The Morgan fingerprint density at radius 3 is 2.69 bits per heavy atom. The van der Waals surface area contributed by atoms with Gasteiger partial charge in [0.25, 0.3) is 11.8 Å². The van der Waals surface area contributed by atoms with Crippen LogP contribution in [0.1, 0.15) is 27.5 Å². The number of benzene rings is 2. The van der Waals surface area contributed by atoms with E-state index in [4.69, 9.17) is 9.15 Å². The number of fused-ring (bicyclic) bond motifs is 1. The van der Waals surface area contributed by atoms with Crippen molar-refractivity contribution in [2.45, 2.75) is 13.5 Å². The van der Waals surface area contributed by atoms with Crippen molar-refractivity contribution in [3.63, 3.8) is 0 Å². The van der Waals surface area contributed by atoms with Crippen LogP contribution in [0.3, 0.4) is 0 Å². The maximum Gasteiger partial charge on any atom is 0.275 e. The zero-order valence-corrected chi connectivity index (χ0v) is 19.7.